The Morgan fingerprint density at radius 2 is 2.20 bits per heavy atom. The van der Waals surface area contributed by atoms with Crippen molar-refractivity contribution >= 4 is 35.2 Å². The van der Waals surface area contributed by atoms with E-state index in [9.17, 15) is 9.59 Å². The van der Waals surface area contributed by atoms with Crippen LogP contribution >= 0.6 is 23.4 Å². The van der Waals surface area contributed by atoms with Gasteiger partial charge in [0.1, 0.15) is 11.4 Å². The molecular weight excluding hydrogens is 364 g/mol. The fourth-order valence-electron chi connectivity index (χ4n) is 2.61. The van der Waals surface area contributed by atoms with E-state index in [1.165, 1.54) is 16.7 Å². The number of hydrogen-bond donors (Lipinski definition) is 1. The SMILES string of the molecule is CCONC(=O)C1CSC(c2ccoc2)N1C(=O)c1ccccc1Cl. The molecular formula is C17H17ClN2O4S. The first-order valence-electron chi connectivity index (χ1n) is 7.76. The van der Waals surface area contributed by atoms with Gasteiger partial charge in [-0.2, -0.15) is 0 Å². The van der Waals surface area contributed by atoms with E-state index in [0.29, 0.717) is 22.9 Å². The number of amides is 2. The van der Waals surface area contributed by atoms with Gasteiger partial charge in [0.05, 0.1) is 29.7 Å². The highest BCUT2D eigenvalue weighted by molar-refractivity contribution is 7.99. The van der Waals surface area contributed by atoms with Crippen LogP contribution in [0.2, 0.25) is 5.02 Å². The summed E-state index contributed by atoms with van der Waals surface area (Å²) in [4.78, 5) is 32.1. The molecule has 0 saturated carbocycles. The lowest BCUT2D eigenvalue weighted by molar-refractivity contribution is -0.137. The predicted octanol–water partition coefficient (Wildman–Crippen LogP) is 3.26. The van der Waals surface area contributed by atoms with Crippen molar-refractivity contribution in [2.24, 2.45) is 0 Å². The Morgan fingerprint density at radius 1 is 1.40 bits per heavy atom. The lowest BCUT2D eigenvalue weighted by Crippen LogP contribution is -2.48. The molecule has 1 aliphatic rings. The number of carbonyl (C=O) groups excluding carboxylic acids is 2. The number of hydroxylamine groups is 1. The summed E-state index contributed by atoms with van der Waals surface area (Å²) < 4.78 is 5.14. The summed E-state index contributed by atoms with van der Waals surface area (Å²) in [5, 5.41) is 0.0132. The van der Waals surface area contributed by atoms with Gasteiger partial charge in [-0.15, -0.1) is 11.8 Å². The summed E-state index contributed by atoms with van der Waals surface area (Å²) in [7, 11) is 0. The molecule has 1 fully saturated rings. The second kappa shape index (κ2) is 7.95. The molecule has 1 aromatic heterocycles. The van der Waals surface area contributed by atoms with Gasteiger partial charge in [0.15, 0.2) is 0 Å². The second-order valence-electron chi connectivity index (χ2n) is 5.35. The number of thioether (sulfide) groups is 1. The first kappa shape index (κ1) is 17.8. The highest BCUT2D eigenvalue weighted by Gasteiger charge is 2.43. The van der Waals surface area contributed by atoms with Crippen LogP contribution in [-0.2, 0) is 9.63 Å². The number of halogens is 1. The number of hydrogen-bond acceptors (Lipinski definition) is 5. The molecule has 1 aromatic carbocycles. The monoisotopic (exact) mass is 380 g/mol. The predicted molar refractivity (Wildman–Crippen MR) is 95.1 cm³/mol. The Bertz CT molecular complexity index is 753. The average Bonchev–Trinajstić information content (AvgIpc) is 3.28. The van der Waals surface area contributed by atoms with Crippen molar-refractivity contribution in [2.75, 3.05) is 12.4 Å². The molecule has 3 rings (SSSR count). The quantitative estimate of drug-likeness (QED) is 0.806. The third-order valence-corrected chi connectivity index (χ3v) is 5.44. The van der Waals surface area contributed by atoms with Gasteiger partial charge in [-0.25, -0.2) is 5.48 Å². The van der Waals surface area contributed by atoms with E-state index in [2.05, 4.69) is 5.48 Å². The van der Waals surface area contributed by atoms with Crippen LogP contribution in [0.1, 0.15) is 28.2 Å². The maximum absolute atomic E-state index is 13.1. The zero-order chi connectivity index (χ0) is 17.8. The van der Waals surface area contributed by atoms with Crippen LogP contribution in [0.15, 0.2) is 47.3 Å². The van der Waals surface area contributed by atoms with E-state index in [-0.39, 0.29) is 17.2 Å². The maximum Gasteiger partial charge on any atom is 0.267 e. The fraction of sp³-hybridized carbons (Fsp3) is 0.294. The molecule has 25 heavy (non-hydrogen) atoms. The molecule has 1 aliphatic heterocycles. The van der Waals surface area contributed by atoms with Gasteiger partial charge in [0, 0.05) is 11.3 Å². The summed E-state index contributed by atoms with van der Waals surface area (Å²) in [5.74, 6) is -0.218. The molecule has 6 nitrogen and oxygen atoms in total. The van der Waals surface area contributed by atoms with Crippen molar-refractivity contribution in [3.8, 4) is 0 Å². The highest BCUT2D eigenvalue weighted by Crippen LogP contribution is 2.42. The van der Waals surface area contributed by atoms with Crippen molar-refractivity contribution in [1.82, 2.24) is 10.4 Å². The van der Waals surface area contributed by atoms with Crippen LogP contribution < -0.4 is 5.48 Å². The first-order valence-corrected chi connectivity index (χ1v) is 9.18. The summed E-state index contributed by atoms with van der Waals surface area (Å²) in [5.41, 5.74) is 3.56. The zero-order valence-electron chi connectivity index (χ0n) is 13.5. The topological polar surface area (TPSA) is 71.8 Å². The molecule has 0 bridgehead atoms. The van der Waals surface area contributed by atoms with Crippen molar-refractivity contribution < 1.29 is 18.8 Å². The largest absolute Gasteiger partial charge is 0.472 e. The lowest BCUT2D eigenvalue weighted by atomic mass is 10.1. The number of nitrogens with one attached hydrogen (secondary N) is 1. The van der Waals surface area contributed by atoms with E-state index < -0.39 is 6.04 Å². The number of furan rings is 1. The van der Waals surface area contributed by atoms with Crippen LogP contribution in [0, 0.1) is 0 Å². The number of carbonyl (C=O) groups is 2. The van der Waals surface area contributed by atoms with Crippen molar-refractivity contribution in [1.29, 1.82) is 0 Å². The molecule has 2 unspecified atom stereocenters. The third kappa shape index (κ3) is 3.68. The average molecular weight is 381 g/mol. The molecule has 8 heteroatoms. The second-order valence-corrected chi connectivity index (χ2v) is 6.87. The summed E-state index contributed by atoms with van der Waals surface area (Å²) >= 11 is 7.68. The molecule has 2 heterocycles. The van der Waals surface area contributed by atoms with Crippen molar-refractivity contribution in [2.45, 2.75) is 18.3 Å². The van der Waals surface area contributed by atoms with Gasteiger partial charge in [0.2, 0.25) is 0 Å². The van der Waals surface area contributed by atoms with E-state index in [0.717, 1.165) is 5.56 Å². The van der Waals surface area contributed by atoms with Gasteiger partial charge in [-0.1, -0.05) is 23.7 Å². The Hall–Kier alpha value is -1.96. The van der Waals surface area contributed by atoms with Gasteiger partial charge in [-0.3, -0.25) is 14.4 Å². The summed E-state index contributed by atoms with van der Waals surface area (Å²) in [6.45, 7) is 2.11. The summed E-state index contributed by atoms with van der Waals surface area (Å²) in [6, 6.07) is 7.92. The molecule has 0 spiro atoms. The van der Waals surface area contributed by atoms with E-state index in [1.807, 2.05) is 0 Å². The minimum Gasteiger partial charge on any atom is -0.472 e. The van der Waals surface area contributed by atoms with Crippen molar-refractivity contribution in [3.05, 3.63) is 59.0 Å². The van der Waals surface area contributed by atoms with Crippen LogP contribution in [-0.4, -0.2) is 35.1 Å². The minimum atomic E-state index is -0.666. The first-order chi connectivity index (χ1) is 12.1. The molecule has 1 saturated heterocycles. The van der Waals surface area contributed by atoms with Crippen LogP contribution in [0.4, 0.5) is 0 Å². The van der Waals surface area contributed by atoms with Crippen LogP contribution in [0.3, 0.4) is 0 Å². The molecule has 1 N–H and O–H groups in total. The van der Waals surface area contributed by atoms with Gasteiger partial charge >= 0.3 is 0 Å². The lowest BCUT2D eigenvalue weighted by Gasteiger charge is -2.28. The number of rotatable bonds is 5. The van der Waals surface area contributed by atoms with Gasteiger partial charge in [0.25, 0.3) is 11.8 Å². The van der Waals surface area contributed by atoms with Crippen LogP contribution in [0.25, 0.3) is 0 Å². The normalized spacial score (nSPS) is 19.8. The molecule has 2 aromatic rings. The molecule has 2 amide bonds. The van der Waals surface area contributed by atoms with Gasteiger partial charge in [-0.05, 0) is 25.1 Å². The van der Waals surface area contributed by atoms with E-state index >= 15 is 0 Å². The molecule has 0 aliphatic carbocycles. The minimum absolute atomic E-state index is 0.307. The van der Waals surface area contributed by atoms with Crippen LogP contribution in [0.5, 0.6) is 0 Å². The molecule has 132 valence electrons. The van der Waals surface area contributed by atoms with E-state index in [1.54, 1.807) is 49.8 Å². The van der Waals surface area contributed by atoms with E-state index in [4.69, 9.17) is 20.9 Å². The fourth-order valence-corrected chi connectivity index (χ4v) is 4.24. The molecule has 2 atom stereocenters. The standard InChI is InChI=1S/C17H17ClN2O4S/c1-2-24-19-15(21)14-10-25-17(11-7-8-23-9-11)20(14)16(22)12-5-3-4-6-13(12)18/h3-9,14,17H,2,10H2,1H3,(H,19,21). The third-order valence-electron chi connectivity index (χ3n) is 3.79. The Labute approximate surface area is 154 Å². The van der Waals surface area contributed by atoms with Crippen molar-refractivity contribution in [3.63, 3.8) is 0 Å². The smallest absolute Gasteiger partial charge is 0.267 e. The molecule has 0 radical (unpaired) electrons. The number of nitrogens with zero attached hydrogens (tertiary/aromatic N) is 1. The zero-order valence-corrected chi connectivity index (χ0v) is 15.0. The Balaban J connectivity index is 1.93. The maximum atomic E-state index is 13.1. The number of benzene rings is 1. The Kier molecular flexibility index (Phi) is 5.67. The van der Waals surface area contributed by atoms with Gasteiger partial charge < -0.3 is 9.32 Å². The highest BCUT2D eigenvalue weighted by atomic mass is 35.5. The Morgan fingerprint density at radius 3 is 2.88 bits per heavy atom. The summed E-state index contributed by atoms with van der Waals surface area (Å²) in [6.07, 6.45) is 3.12.